The van der Waals surface area contributed by atoms with Crippen LogP contribution < -0.4 is 14.4 Å². The van der Waals surface area contributed by atoms with Crippen LogP contribution in [0.4, 0.5) is 11.4 Å². The minimum absolute atomic E-state index is 0.445. The maximum absolute atomic E-state index is 12.7. The van der Waals surface area contributed by atoms with Gasteiger partial charge in [-0.2, -0.15) is 0 Å². The van der Waals surface area contributed by atoms with E-state index in [0.29, 0.717) is 17.1 Å². The third-order valence-corrected chi connectivity index (χ3v) is 5.29. The molecule has 6 nitrogen and oxygen atoms in total. The monoisotopic (exact) mass is 376 g/mol. The van der Waals surface area contributed by atoms with Crippen LogP contribution in [0, 0.1) is 0 Å². The Labute approximate surface area is 154 Å². The van der Waals surface area contributed by atoms with E-state index in [4.69, 9.17) is 4.74 Å². The molecule has 0 aliphatic carbocycles. The molecule has 0 aromatic heterocycles. The van der Waals surface area contributed by atoms with E-state index in [1.165, 1.54) is 7.11 Å². The molecule has 0 saturated heterocycles. The number of carbonyl (C=O) groups is 1. The third-order valence-electron chi connectivity index (χ3n) is 4.05. The van der Waals surface area contributed by atoms with Crippen LogP contribution in [0.25, 0.3) is 0 Å². The van der Waals surface area contributed by atoms with Crippen molar-refractivity contribution in [1.82, 2.24) is 0 Å². The van der Waals surface area contributed by atoms with Gasteiger partial charge in [-0.3, -0.25) is 9.10 Å². The summed E-state index contributed by atoms with van der Waals surface area (Å²) in [6, 6.07) is 13.2. The van der Waals surface area contributed by atoms with Crippen LogP contribution in [0.1, 0.15) is 19.4 Å². The second-order valence-electron chi connectivity index (χ2n) is 5.94. The maximum Gasteiger partial charge on any atom is 0.248 e. The van der Waals surface area contributed by atoms with Crippen molar-refractivity contribution >= 4 is 27.3 Å². The number of anilines is 2. The quantitative estimate of drug-likeness (QED) is 0.806. The van der Waals surface area contributed by atoms with Gasteiger partial charge in [0.05, 0.1) is 24.7 Å². The molecule has 1 amide bonds. The summed E-state index contributed by atoms with van der Waals surface area (Å²) in [5.41, 5.74) is 2.03. The first-order valence-corrected chi connectivity index (χ1v) is 10.1. The molecule has 0 saturated carbocycles. The molecule has 1 unspecified atom stereocenters. The average Bonchev–Trinajstić information content (AvgIpc) is 2.61. The van der Waals surface area contributed by atoms with Crippen LogP contribution in [0.2, 0.25) is 0 Å². The Hall–Kier alpha value is -2.54. The molecule has 140 valence electrons. The molecule has 2 aromatic carbocycles. The number of carbonyl (C=O) groups excluding carboxylic acids is 1. The number of sulfonamides is 1. The molecule has 0 aliphatic rings. The lowest BCUT2D eigenvalue weighted by Crippen LogP contribution is -2.45. The number of benzene rings is 2. The molecular weight excluding hydrogens is 352 g/mol. The van der Waals surface area contributed by atoms with Crippen molar-refractivity contribution in [3.63, 3.8) is 0 Å². The Morgan fingerprint density at radius 3 is 2.31 bits per heavy atom. The first-order valence-electron chi connectivity index (χ1n) is 8.30. The fraction of sp³-hybridized carbons (Fsp3) is 0.316. The molecular formula is C19H24N2O4S. The highest BCUT2D eigenvalue weighted by molar-refractivity contribution is 7.92. The summed E-state index contributed by atoms with van der Waals surface area (Å²) in [6.45, 7) is 3.58. The van der Waals surface area contributed by atoms with Gasteiger partial charge in [0.25, 0.3) is 0 Å². The van der Waals surface area contributed by atoms with Crippen LogP contribution in [0.15, 0.2) is 48.5 Å². The van der Waals surface area contributed by atoms with E-state index in [1.807, 2.05) is 19.1 Å². The first-order chi connectivity index (χ1) is 12.3. The zero-order valence-electron chi connectivity index (χ0n) is 15.4. The maximum atomic E-state index is 12.7. The molecule has 0 radical (unpaired) electrons. The summed E-state index contributed by atoms with van der Waals surface area (Å²) in [6.07, 6.45) is 1.94. The second-order valence-corrected chi connectivity index (χ2v) is 7.80. The number of methoxy groups -OCH3 is 1. The van der Waals surface area contributed by atoms with Gasteiger partial charge in [-0.15, -0.1) is 0 Å². The number of ether oxygens (including phenoxy) is 1. The lowest BCUT2D eigenvalue weighted by Gasteiger charge is -2.28. The van der Waals surface area contributed by atoms with E-state index in [-0.39, 0.29) is 0 Å². The zero-order valence-corrected chi connectivity index (χ0v) is 16.2. The second kappa shape index (κ2) is 8.23. The molecule has 7 heteroatoms. The standard InChI is InChI=1S/C19H24N2O4S/c1-5-15-10-12-16(13-11-15)21(26(4,23)24)14(2)19(22)20-17-8-6-7-9-18(17)25-3/h6-14H,5H2,1-4H3,(H,20,22). The number of nitrogens with one attached hydrogen (secondary N) is 1. The minimum atomic E-state index is -3.65. The summed E-state index contributed by atoms with van der Waals surface area (Å²) < 4.78 is 31.0. The Bertz CT molecular complexity index is 863. The number of para-hydroxylation sites is 2. The molecule has 0 aliphatic heterocycles. The van der Waals surface area contributed by atoms with Gasteiger partial charge in [-0.1, -0.05) is 31.2 Å². The van der Waals surface area contributed by atoms with E-state index in [2.05, 4.69) is 5.32 Å². The topological polar surface area (TPSA) is 75.7 Å². The Balaban J connectivity index is 2.31. The number of hydrogen-bond acceptors (Lipinski definition) is 4. The third kappa shape index (κ3) is 4.54. The van der Waals surface area contributed by atoms with E-state index >= 15 is 0 Å². The molecule has 1 N–H and O–H groups in total. The number of aryl methyl sites for hydroxylation is 1. The largest absolute Gasteiger partial charge is 0.495 e. The normalized spacial score (nSPS) is 12.3. The number of rotatable bonds is 7. The highest BCUT2D eigenvalue weighted by atomic mass is 32.2. The highest BCUT2D eigenvalue weighted by Crippen LogP contribution is 2.25. The van der Waals surface area contributed by atoms with Crippen molar-refractivity contribution in [3.05, 3.63) is 54.1 Å². The van der Waals surface area contributed by atoms with Gasteiger partial charge in [0.2, 0.25) is 15.9 Å². The van der Waals surface area contributed by atoms with Crippen LogP contribution >= 0.6 is 0 Å². The zero-order chi connectivity index (χ0) is 19.3. The SMILES string of the molecule is CCc1ccc(N(C(C)C(=O)Nc2ccccc2OC)S(C)(=O)=O)cc1. The predicted octanol–water partition coefficient (Wildman–Crippen LogP) is 3.05. The first kappa shape index (κ1) is 19.8. The van der Waals surface area contributed by atoms with Crippen LogP contribution in [0.5, 0.6) is 5.75 Å². The smallest absolute Gasteiger partial charge is 0.248 e. The number of nitrogens with zero attached hydrogens (tertiary/aromatic N) is 1. The van der Waals surface area contributed by atoms with Crippen LogP contribution in [-0.2, 0) is 21.2 Å². The molecule has 26 heavy (non-hydrogen) atoms. The summed E-state index contributed by atoms with van der Waals surface area (Å²) in [5, 5.41) is 2.74. The van der Waals surface area contributed by atoms with E-state index in [0.717, 1.165) is 22.5 Å². The van der Waals surface area contributed by atoms with E-state index in [1.54, 1.807) is 43.3 Å². The lowest BCUT2D eigenvalue weighted by molar-refractivity contribution is -0.116. The van der Waals surface area contributed by atoms with Gasteiger partial charge in [0.15, 0.2) is 0 Å². The van der Waals surface area contributed by atoms with Gasteiger partial charge in [-0.05, 0) is 43.2 Å². The number of amides is 1. The lowest BCUT2D eigenvalue weighted by atomic mass is 10.1. The summed E-state index contributed by atoms with van der Waals surface area (Å²) in [5.74, 6) is 0.0609. The minimum Gasteiger partial charge on any atom is -0.495 e. The molecule has 2 aromatic rings. The van der Waals surface area contributed by atoms with Crippen LogP contribution in [0.3, 0.4) is 0 Å². The molecule has 0 fully saturated rings. The molecule has 0 spiro atoms. The highest BCUT2D eigenvalue weighted by Gasteiger charge is 2.29. The fourth-order valence-corrected chi connectivity index (χ4v) is 3.85. The van der Waals surface area contributed by atoms with Gasteiger partial charge >= 0.3 is 0 Å². The van der Waals surface area contributed by atoms with Gasteiger partial charge in [-0.25, -0.2) is 8.42 Å². The summed E-state index contributed by atoms with van der Waals surface area (Å²) >= 11 is 0. The Morgan fingerprint density at radius 1 is 1.15 bits per heavy atom. The van der Waals surface area contributed by atoms with Crippen molar-refractivity contribution in [2.24, 2.45) is 0 Å². The Morgan fingerprint density at radius 2 is 1.77 bits per heavy atom. The number of hydrogen-bond donors (Lipinski definition) is 1. The van der Waals surface area contributed by atoms with E-state index in [9.17, 15) is 13.2 Å². The predicted molar refractivity (Wildman–Crippen MR) is 104 cm³/mol. The average molecular weight is 376 g/mol. The van der Waals surface area contributed by atoms with Gasteiger partial charge in [0.1, 0.15) is 11.8 Å². The molecule has 0 heterocycles. The van der Waals surface area contributed by atoms with E-state index < -0.39 is 22.0 Å². The molecule has 2 rings (SSSR count). The molecule has 1 atom stereocenters. The van der Waals surface area contributed by atoms with Crippen LogP contribution in [-0.4, -0.2) is 33.7 Å². The summed E-state index contributed by atoms with van der Waals surface area (Å²) in [7, 11) is -2.14. The van der Waals surface area contributed by atoms with Crippen molar-refractivity contribution in [3.8, 4) is 5.75 Å². The summed E-state index contributed by atoms with van der Waals surface area (Å²) in [4.78, 5) is 12.7. The van der Waals surface area contributed by atoms with Gasteiger partial charge in [0, 0.05) is 0 Å². The van der Waals surface area contributed by atoms with Crippen molar-refractivity contribution < 1.29 is 17.9 Å². The van der Waals surface area contributed by atoms with Crippen molar-refractivity contribution in [1.29, 1.82) is 0 Å². The Kier molecular flexibility index (Phi) is 6.26. The van der Waals surface area contributed by atoms with Crippen molar-refractivity contribution in [2.45, 2.75) is 26.3 Å². The van der Waals surface area contributed by atoms with Crippen molar-refractivity contribution in [2.75, 3.05) is 23.0 Å². The molecule has 0 bridgehead atoms. The van der Waals surface area contributed by atoms with Gasteiger partial charge < -0.3 is 10.1 Å². The fourth-order valence-electron chi connectivity index (χ4n) is 2.67.